The summed E-state index contributed by atoms with van der Waals surface area (Å²) in [6, 6.07) is 4.76. The highest BCUT2D eigenvalue weighted by molar-refractivity contribution is 9.09. The normalized spacial score (nSPS) is 12.4. The van der Waals surface area contributed by atoms with Gasteiger partial charge in [-0.2, -0.15) is 0 Å². The molecule has 5 heteroatoms. The summed E-state index contributed by atoms with van der Waals surface area (Å²) < 4.78 is 0. The van der Waals surface area contributed by atoms with Gasteiger partial charge in [0.25, 0.3) is 0 Å². The highest BCUT2D eigenvalue weighted by atomic mass is 79.9. The molecule has 16 heavy (non-hydrogen) atoms. The van der Waals surface area contributed by atoms with Crippen LogP contribution in [-0.4, -0.2) is 26.6 Å². The molecule has 0 amide bonds. The molecule has 1 unspecified atom stereocenters. The molecule has 88 valence electrons. The molecule has 1 aromatic rings. The first-order valence-corrected chi connectivity index (χ1v) is 5.97. The molecule has 4 nitrogen and oxygen atoms in total. The minimum Gasteiger partial charge on any atom is -0.507 e. The molecule has 0 bridgehead atoms. The molecule has 1 atom stereocenters. The number of aryl methyl sites for hydroxylation is 1. The van der Waals surface area contributed by atoms with Crippen molar-refractivity contribution in [3.8, 4) is 5.75 Å². The average molecular weight is 289 g/mol. The maximum atomic E-state index is 10.6. The number of phenolic OH excluding ortho intramolecular Hbond substituents is 1. The van der Waals surface area contributed by atoms with Crippen LogP contribution in [0.4, 0.5) is 0 Å². The smallest absolute Gasteiger partial charge is 0.337 e. The fourth-order valence-electron chi connectivity index (χ4n) is 1.42. The second-order valence-electron chi connectivity index (χ2n) is 3.39. The lowest BCUT2D eigenvalue weighted by atomic mass is 10.0. The van der Waals surface area contributed by atoms with Crippen LogP contribution in [0, 0.1) is 0 Å². The molecule has 0 saturated carbocycles. The Balaban J connectivity index is 2.98. The molecule has 1 rings (SSSR count). The quantitative estimate of drug-likeness (QED) is 0.723. The number of aliphatic hydroxyl groups is 1. The van der Waals surface area contributed by atoms with E-state index in [4.69, 9.17) is 5.11 Å². The van der Waals surface area contributed by atoms with Crippen LogP contribution in [0.15, 0.2) is 18.2 Å². The van der Waals surface area contributed by atoms with Gasteiger partial charge in [0.1, 0.15) is 5.75 Å². The number of para-hydroxylation sites is 1. The van der Waals surface area contributed by atoms with E-state index in [0.29, 0.717) is 12.0 Å². The van der Waals surface area contributed by atoms with Crippen LogP contribution >= 0.6 is 15.9 Å². The number of carboxylic acids is 1. The van der Waals surface area contributed by atoms with Crippen molar-refractivity contribution in [3.63, 3.8) is 0 Å². The van der Waals surface area contributed by atoms with Crippen molar-refractivity contribution in [1.29, 1.82) is 0 Å². The largest absolute Gasteiger partial charge is 0.507 e. The van der Waals surface area contributed by atoms with Gasteiger partial charge < -0.3 is 15.3 Å². The van der Waals surface area contributed by atoms with Crippen LogP contribution in [0.5, 0.6) is 5.75 Å². The van der Waals surface area contributed by atoms with Crippen LogP contribution in [0.3, 0.4) is 0 Å². The lowest BCUT2D eigenvalue weighted by Gasteiger charge is -2.11. The summed E-state index contributed by atoms with van der Waals surface area (Å²) in [7, 11) is 0. The van der Waals surface area contributed by atoms with Crippen LogP contribution in [0.1, 0.15) is 23.7 Å². The first-order valence-electron chi connectivity index (χ1n) is 4.85. The van der Waals surface area contributed by atoms with Gasteiger partial charge in [-0.05, 0) is 18.4 Å². The van der Waals surface area contributed by atoms with Crippen molar-refractivity contribution >= 4 is 21.9 Å². The predicted octanol–water partition coefficient (Wildman–Crippen LogP) is 1.84. The molecule has 0 aromatic heterocycles. The molecule has 0 aliphatic rings. The Hall–Kier alpha value is -1.07. The van der Waals surface area contributed by atoms with E-state index < -0.39 is 12.1 Å². The Bertz CT molecular complexity index is 378. The average Bonchev–Trinajstić information content (AvgIpc) is 2.26. The van der Waals surface area contributed by atoms with Gasteiger partial charge in [-0.3, -0.25) is 0 Å². The zero-order chi connectivity index (χ0) is 12.1. The Kier molecular flexibility index (Phi) is 4.76. The summed E-state index contributed by atoms with van der Waals surface area (Å²) in [5.74, 6) is -1.49. The fraction of sp³-hybridized carbons (Fsp3) is 0.364. The van der Waals surface area contributed by atoms with Gasteiger partial charge in [0.05, 0.1) is 0 Å². The SMILES string of the molecule is O=C(O)C(O)c1cccc(CCCBr)c1O. The number of halogens is 1. The van der Waals surface area contributed by atoms with Crippen LogP contribution in [-0.2, 0) is 11.2 Å². The Morgan fingerprint density at radius 1 is 1.44 bits per heavy atom. The highest BCUT2D eigenvalue weighted by Gasteiger charge is 2.20. The first kappa shape index (κ1) is 13.0. The number of carboxylic acid groups (broad SMARTS) is 1. The number of aliphatic hydroxyl groups excluding tert-OH is 1. The zero-order valence-electron chi connectivity index (χ0n) is 8.56. The molecule has 0 spiro atoms. The van der Waals surface area contributed by atoms with Crippen LogP contribution < -0.4 is 0 Å². The zero-order valence-corrected chi connectivity index (χ0v) is 10.1. The lowest BCUT2D eigenvalue weighted by molar-refractivity contribution is -0.147. The molecule has 1 aromatic carbocycles. The lowest BCUT2D eigenvalue weighted by Crippen LogP contribution is -2.11. The predicted molar refractivity (Wildman–Crippen MR) is 62.8 cm³/mol. The summed E-state index contributed by atoms with van der Waals surface area (Å²) in [6.07, 6.45) is -0.207. The third-order valence-corrected chi connectivity index (χ3v) is 2.82. The second kappa shape index (κ2) is 5.86. The van der Waals surface area contributed by atoms with E-state index in [2.05, 4.69) is 15.9 Å². The monoisotopic (exact) mass is 288 g/mol. The number of phenols is 1. The minimum absolute atomic E-state index is 0.0413. The van der Waals surface area contributed by atoms with E-state index in [1.807, 2.05) is 0 Å². The third-order valence-electron chi connectivity index (χ3n) is 2.26. The summed E-state index contributed by atoms with van der Waals surface area (Å²) in [4.78, 5) is 10.6. The number of benzene rings is 1. The molecule has 0 fully saturated rings. The van der Waals surface area contributed by atoms with E-state index in [-0.39, 0.29) is 11.3 Å². The topological polar surface area (TPSA) is 77.8 Å². The minimum atomic E-state index is -1.68. The maximum absolute atomic E-state index is 10.6. The van der Waals surface area contributed by atoms with Gasteiger partial charge in [0.15, 0.2) is 6.10 Å². The van der Waals surface area contributed by atoms with Crippen molar-refractivity contribution in [2.45, 2.75) is 18.9 Å². The number of alkyl halides is 1. The van der Waals surface area contributed by atoms with Crippen LogP contribution in [0.2, 0.25) is 0 Å². The highest BCUT2D eigenvalue weighted by Crippen LogP contribution is 2.29. The van der Waals surface area contributed by atoms with E-state index in [9.17, 15) is 15.0 Å². The molecule has 3 N–H and O–H groups in total. The number of aromatic hydroxyl groups is 1. The molecular weight excluding hydrogens is 276 g/mol. The molecular formula is C11H13BrO4. The van der Waals surface area contributed by atoms with E-state index in [0.717, 1.165) is 11.8 Å². The standard InChI is InChI=1S/C11H13BrO4/c12-6-2-4-7-3-1-5-8(9(7)13)10(14)11(15)16/h1,3,5,10,13-14H,2,4,6H2,(H,15,16). The Morgan fingerprint density at radius 2 is 2.12 bits per heavy atom. The molecule has 0 aliphatic heterocycles. The van der Waals surface area contributed by atoms with Gasteiger partial charge >= 0.3 is 5.97 Å². The van der Waals surface area contributed by atoms with Crippen LogP contribution in [0.25, 0.3) is 0 Å². The van der Waals surface area contributed by atoms with Gasteiger partial charge in [-0.15, -0.1) is 0 Å². The van der Waals surface area contributed by atoms with Gasteiger partial charge in [-0.25, -0.2) is 4.79 Å². The molecule has 0 radical (unpaired) electrons. The maximum Gasteiger partial charge on any atom is 0.337 e. The second-order valence-corrected chi connectivity index (χ2v) is 4.18. The first-order chi connectivity index (χ1) is 7.57. The Morgan fingerprint density at radius 3 is 2.69 bits per heavy atom. The third kappa shape index (κ3) is 2.96. The Labute approximate surface area is 102 Å². The van der Waals surface area contributed by atoms with E-state index >= 15 is 0 Å². The van der Waals surface area contributed by atoms with Crippen molar-refractivity contribution in [2.75, 3.05) is 5.33 Å². The number of hydrogen-bond donors (Lipinski definition) is 3. The number of aliphatic carboxylic acids is 1. The summed E-state index contributed by atoms with van der Waals surface area (Å²) in [5, 5.41) is 28.6. The fourth-order valence-corrected chi connectivity index (χ4v) is 1.70. The molecule has 0 heterocycles. The van der Waals surface area contributed by atoms with Crippen molar-refractivity contribution in [3.05, 3.63) is 29.3 Å². The number of rotatable bonds is 5. The number of carbonyl (C=O) groups is 1. The number of hydrogen-bond acceptors (Lipinski definition) is 3. The van der Waals surface area contributed by atoms with Gasteiger partial charge in [0.2, 0.25) is 0 Å². The molecule has 0 saturated heterocycles. The van der Waals surface area contributed by atoms with Crippen molar-refractivity contribution in [1.82, 2.24) is 0 Å². The van der Waals surface area contributed by atoms with Gasteiger partial charge in [-0.1, -0.05) is 34.1 Å². The van der Waals surface area contributed by atoms with Crippen molar-refractivity contribution < 1.29 is 20.1 Å². The summed E-state index contributed by atoms with van der Waals surface area (Å²) >= 11 is 3.28. The summed E-state index contributed by atoms with van der Waals surface area (Å²) in [5.41, 5.74) is 0.692. The van der Waals surface area contributed by atoms with Crippen molar-refractivity contribution in [2.24, 2.45) is 0 Å². The molecule has 0 aliphatic carbocycles. The summed E-state index contributed by atoms with van der Waals surface area (Å²) in [6.45, 7) is 0. The van der Waals surface area contributed by atoms with E-state index in [1.54, 1.807) is 12.1 Å². The van der Waals surface area contributed by atoms with E-state index in [1.165, 1.54) is 6.07 Å². The van der Waals surface area contributed by atoms with Gasteiger partial charge in [0, 0.05) is 10.9 Å².